The highest BCUT2D eigenvalue weighted by Crippen LogP contribution is 2.24. The van der Waals surface area contributed by atoms with Crippen LogP contribution in [-0.4, -0.2) is 24.0 Å². The molecule has 84 valence electrons. The van der Waals surface area contributed by atoms with Crippen LogP contribution in [0.2, 0.25) is 0 Å². The number of hydrogen-bond donors (Lipinski definition) is 0. The van der Waals surface area contributed by atoms with E-state index in [1.807, 2.05) is 0 Å². The Morgan fingerprint density at radius 3 is 2.27 bits per heavy atom. The largest absolute Gasteiger partial charge is 0.299 e. The molecule has 0 saturated heterocycles. The maximum atomic E-state index is 4.72. The third-order valence-electron chi connectivity index (χ3n) is 3.11. The molecular weight excluding hydrogens is 184 g/mol. The Morgan fingerprint density at radius 2 is 1.80 bits per heavy atom. The maximum absolute atomic E-state index is 4.72. The maximum Gasteiger partial charge on any atom is 0.0604 e. The van der Waals surface area contributed by atoms with Gasteiger partial charge >= 0.3 is 0 Å². The highest BCUT2D eigenvalue weighted by atomic mass is 15.1. The van der Waals surface area contributed by atoms with Crippen molar-refractivity contribution in [2.45, 2.75) is 39.2 Å². The lowest BCUT2D eigenvalue weighted by Crippen LogP contribution is -2.36. The van der Waals surface area contributed by atoms with Crippen LogP contribution in [0, 0.1) is 0 Å². The van der Waals surface area contributed by atoms with Crippen molar-refractivity contribution in [1.82, 2.24) is 9.88 Å². The fourth-order valence-corrected chi connectivity index (χ4v) is 1.34. The number of hydrogen-bond acceptors (Lipinski definition) is 2. The van der Waals surface area contributed by atoms with Gasteiger partial charge in [-0.05, 0) is 46.0 Å². The summed E-state index contributed by atoms with van der Waals surface area (Å²) < 4.78 is 0. The van der Waals surface area contributed by atoms with E-state index in [0.717, 1.165) is 5.69 Å². The van der Waals surface area contributed by atoms with Gasteiger partial charge < -0.3 is 0 Å². The zero-order chi connectivity index (χ0) is 11.6. The van der Waals surface area contributed by atoms with E-state index in [0.29, 0.717) is 5.92 Å². The van der Waals surface area contributed by atoms with E-state index in [1.54, 1.807) is 0 Å². The molecule has 15 heavy (non-hydrogen) atoms. The minimum absolute atomic E-state index is 0.00903. The predicted octanol–water partition coefficient (Wildman–Crippen LogP) is 3.00. The Morgan fingerprint density at radius 1 is 1.20 bits per heavy atom. The standard InChI is InChI=1S/C13H22N2/c1-10(2)11-8-7-9-12(14-11)13(3,4)15(5)6/h7-10H,1-6H3. The summed E-state index contributed by atoms with van der Waals surface area (Å²) in [6, 6.07) is 6.30. The van der Waals surface area contributed by atoms with Gasteiger partial charge in [-0.3, -0.25) is 9.88 Å². The van der Waals surface area contributed by atoms with E-state index in [1.165, 1.54) is 5.69 Å². The van der Waals surface area contributed by atoms with Gasteiger partial charge in [0.25, 0.3) is 0 Å². The van der Waals surface area contributed by atoms with E-state index in [9.17, 15) is 0 Å². The normalized spacial score (nSPS) is 12.5. The smallest absolute Gasteiger partial charge is 0.0604 e. The highest BCUT2D eigenvalue weighted by molar-refractivity contribution is 5.19. The van der Waals surface area contributed by atoms with E-state index in [4.69, 9.17) is 4.98 Å². The van der Waals surface area contributed by atoms with Gasteiger partial charge in [0.05, 0.1) is 11.2 Å². The van der Waals surface area contributed by atoms with Crippen molar-refractivity contribution in [3.63, 3.8) is 0 Å². The topological polar surface area (TPSA) is 16.1 Å². The predicted molar refractivity (Wildman–Crippen MR) is 65.0 cm³/mol. The Balaban J connectivity index is 3.10. The van der Waals surface area contributed by atoms with Crippen molar-refractivity contribution >= 4 is 0 Å². The molecule has 0 amide bonds. The van der Waals surface area contributed by atoms with Crippen molar-refractivity contribution in [2.75, 3.05) is 14.1 Å². The summed E-state index contributed by atoms with van der Waals surface area (Å²) in [5.74, 6) is 0.489. The third kappa shape index (κ3) is 2.57. The molecule has 0 aliphatic carbocycles. The van der Waals surface area contributed by atoms with Crippen LogP contribution in [0.4, 0.5) is 0 Å². The fourth-order valence-electron chi connectivity index (χ4n) is 1.34. The lowest BCUT2D eigenvalue weighted by Gasteiger charge is -2.32. The lowest BCUT2D eigenvalue weighted by molar-refractivity contribution is 0.191. The van der Waals surface area contributed by atoms with Crippen LogP contribution in [-0.2, 0) is 5.54 Å². The van der Waals surface area contributed by atoms with Crippen molar-refractivity contribution in [1.29, 1.82) is 0 Å². The number of nitrogens with zero attached hydrogens (tertiary/aromatic N) is 2. The molecule has 1 aromatic heterocycles. The first-order valence-electron chi connectivity index (χ1n) is 5.50. The van der Waals surface area contributed by atoms with Gasteiger partial charge in [-0.25, -0.2) is 0 Å². The quantitative estimate of drug-likeness (QED) is 0.755. The first-order valence-corrected chi connectivity index (χ1v) is 5.50. The van der Waals surface area contributed by atoms with Crippen molar-refractivity contribution in [3.05, 3.63) is 29.6 Å². The summed E-state index contributed by atoms with van der Waals surface area (Å²) in [5.41, 5.74) is 2.30. The first-order chi connectivity index (χ1) is 6.85. The molecular formula is C13H22N2. The molecule has 0 spiro atoms. The zero-order valence-corrected chi connectivity index (χ0v) is 10.7. The Bertz CT molecular complexity index is 327. The van der Waals surface area contributed by atoms with E-state index in [-0.39, 0.29) is 5.54 Å². The average molecular weight is 206 g/mol. The Labute approximate surface area is 93.3 Å². The second-order valence-corrected chi connectivity index (χ2v) is 5.06. The van der Waals surface area contributed by atoms with Crippen molar-refractivity contribution < 1.29 is 0 Å². The number of aromatic nitrogens is 1. The summed E-state index contributed by atoms with van der Waals surface area (Å²) in [6.45, 7) is 8.74. The van der Waals surface area contributed by atoms with E-state index in [2.05, 4.69) is 64.9 Å². The molecule has 0 fully saturated rings. The molecule has 1 heterocycles. The first kappa shape index (κ1) is 12.2. The van der Waals surface area contributed by atoms with Crippen LogP contribution in [0.1, 0.15) is 45.0 Å². The van der Waals surface area contributed by atoms with Crippen LogP contribution < -0.4 is 0 Å². The average Bonchev–Trinajstić information content (AvgIpc) is 2.17. The number of rotatable bonds is 3. The van der Waals surface area contributed by atoms with Crippen LogP contribution in [0.15, 0.2) is 18.2 Å². The second-order valence-electron chi connectivity index (χ2n) is 5.06. The van der Waals surface area contributed by atoms with Gasteiger partial charge in [0.1, 0.15) is 0 Å². The summed E-state index contributed by atoms with van der Waals surface area (Å²) in [4.78, 5) is 6.92. The molecule has 0 saturated carbocycles. The summed E-state index contributed by atoms with van der Waals surface area (Å²) in [7, 11) is 4.17. The second kappa shape index (κ2) is 4.31. The molecule has 0 radical (unpaired) electrons. The minimum atomic E-state index is -0.00903. The highest BCUT2D eigenvalue weighted by Gasteiger charge is 2.24. The molecule has 0 aliphatic rings. The van der Waals surface area contributed by atoms with Crippen molar-refractivity contribution in [2.24, 2.45) is 0 Å². The van der Waals surface area contributed by atoms with Crippen molar-refractivity contribution in [3.8, 4) is 0 Å². The van der Waals surface area contributed by atoms with Crippen LogP contribution >= 0.6 is 0 Å². The molecule has 0 aliphatic heterocycles. The Kier molecular flexibility index (Phi) is 3.50. The summed E-state index contributed by atoms with van der Waals surface area (Å²) in [6.07, 6.45) is 0. The van der Waals surface area contributed by atoms with Gasteiger partial charge in [-0.15, -0.1) is 0 Å². The summed E-state index contributed by atoms with van der Waals surface area (Å²) >= 11 is 0. The Hall–Kier alpha value is -0.890. The molecule has 2 nitrogen and oxygen atoms in total. The van der Waals surface area contributed by atoms with Gasteiger partial charge in [0, 0.05) is 5.69 Å². The van der Waals surface area contributed by atoms with E-state index < -0.39 is 0 Å². The molecule has 1 rings (SSSR count). The van der Waals surface area contributed by atoms with Crippen LogP contribution in [0.3, 0.4) is 0 Å². The summed E-state index contributed by atoms with van der Waals surface area (Å²) in [5, 5.41) is 0. The fraction of sp³-hybridized carbons (Fsp3) is 0.615. The van der Waals surface area contributed by atoms with Crippen LogP contribution in [0.5, 0.6) is 0 Å². The van der Waals surface area contributed by atoms with E-state index >= 15 is 0 Å². The molecule has 0 unspecified atom stereocenters. The zero-order valence-electron chi connectivity index (χ0n) is 10.7. The van der Waals surface area contributed by atoms with Gasteiger partial charge in [-0.1, -0.05) is 19.9 Å². The molecule has 2 heteroatoms. The van der Waals surface area contributed by atoms with Crippen LogP contribution in [0.25, 0.3) is 0 Å². The van der Waals surface area contributed by atoms with Gasteiger partial charge in [0.15, 0.2) is 0 Å². The monoisotopic (exact) mass is 206 g/mol. The van der Waals surface area contributed by atoms with Gasteiger partial charge in [-0.2, -0.15) is 0 Å². The minimum Gasteiger partial charge on any atom is -0.299 e. The lowest BCUT2D eigenvalue weighted by atomic mass is 9.97. The van der Waals surface area contributed by atoms with Gasteiger partial charge in [0.2, 0.25) is 0 Å². The third-order valence-corrected chi connectivity index (χ3v) is 3.11. The molecule has 0 N–H and O–H groups in total. The molecule has 0 bridgehead atoms. The molecule has 0 atom stereocenters. The molecule has 0 aromatic carbocycles. The number of pyridine rings is 1. The molecule has 1 aromatic rings. The SMILES string of the molecule is CC(C)c1cccc(C(C)(C)N(C)C)n1.